The molecular formula is C18H22N2O4. The third-order valence-corrected chi connectivity index (χ3v) is 5.22. The fraction of sp³-hybridized carbons (Fsp3) is 0.500. The number of esters is 1. The molecule has 1 saturated heterocycles. The van der Waals surface area contributed by atoms with Crippen molar-refractivity contribution in [1.29, 1.82) is 0 Å². The van der Waals surface area contributed by atoms with Crippen LogP contribution in [0.3, 0.4) is 0 Å². The van der Waals surface area contributed by atoms with E-state index in [9.17, 15) is 14.4 Å². The van der Waals surface area contributed by atoms with E-state index >= 15 is 0 Å². The summed E-state index contributed by atoms with van der Waals surface area (Å²) >= 11 is 0. The molecule has 1 aromatic carbocycles. The molecule has 6 nitrogen and oxygen atoms in total. The summed E-state index contributed by atoms with van der Waals surface area (Å²) in [4.78, 5) is 38.0. The lowest BCUT2D eigenvalue weighted by Crippen LogP contribution is -2.53. The number of imide groups is 1. The molecule has 1 aliphatic carbocycles. The van der Waals surface area contributed by atoms with E-state index in [1.165, 1.54) is 12.0 Å². The Morgan fingerprint density at radius 2 is 2.00 bits per heavy atom. The molecule has 24 heavy (non-hydrogen) atoms. The number of hydrogen-bond donors (Lipinski definition) is 1. The van der Waals surface area contributed by atoms with E-state index in [1.54, 1.807) is 24.3 Å². The second-order valence-corrected chi connectivity index (χ2v) is 6.63. The first-order valence-corrected chi connectivity index (χ1v) is 8.29. The van der Waals surface area contributed by atoms with E-state index in [1.807, 2.05) is 6.92 Å². The number of carbonyl (C=O) groups excluding carboxylic acids is 3. The first-order chi connectivity index (χ1) is 11.5. The van der Waals surface area contributed by atoms with E-state index < -0.39 is 11.5 Å². The number of hydrogen-bond acceptors (Lipinski definition) is 4. The van der Waals surface area contributed by atoms with Crippen LogP contribution in [0.25, 0.3) is 0 Å². The number of benzene rings is 1. The van der Waals surface area contributed by atoms with Crippen molar-refractivity contribution >= 4 is 17.9 Å². The molecule has 0 unspecified atom stereocenters. The summed E-state index contributed by atoms with van der Waals surface area (Å²) in [6.07, 6.45) is 3.71. The molecule has 3 amide bonds. The minimum atomic E-state index is -0.735. The lowest BCUT2D eigenvalue weighted by molar-refractivity contribution is -0.134. The lowest BCUT2D eigenvalue weighted by Gasteiger charge is -2.36. The van der Waals surface area contributed by atoms with Crippen molar-refractivity contribution in [3.05, 3.63) is 35.4 Å². The van der Waals surface area contributed by atoms with Crippen LogP contribution in [0.4, 0.5) is 4.79 Å². The van der Waals surface area contributed by atoms with E-state index in [4.69, 9.17) is 0 Å². The number of nitrogens with one attached hydrogen (secondary N) is 1. The van der Waals surface area contributed by atoms with Crippen molar-refractivity contribution in [2.24, 2.45) is 5.92 Å². The summed E-state index contributed by atoms with van der Waals surface area (Å²) in [5.41, 5.74) is 0.504. The molecule has 3 rings (SSSR count). The van der Waals surface area contributed by atoms with Crippen LogP contribution in [-0.4, -0.2) is 35.5 Å². The van der Waals surface area contributed by atoms with E-state index in [-0.39, 0.29) is 24.4 Å². The molecule has 128 valence electrons. The smallest absolute Gasteiger partial charge is 0.337 e. The molecule has 2 fully saturated rings. The predicted molar refractivity (Wildman–Crippen MR) is 87.2 cm³/mol. The van der Waals surface area contributed by atoms with Gasteiger partial charge in [0, 0.05) is 0 Å². The first kappa shape index (κ1) is 16.5. The third kappa shape index (κ3) is 2.66. The zero-order chi connectivity index (χ0) is 17.3. The summed E-state index contributed by atoms with van der Waals surface area (Å²) in [6, 6.07) is 6.42. The largest absolute Gasteiger partial charge is 0.465 e. The van der Waals surface area contributed by atoms with Crippen molar-refractivity contribution in [3.63, 3.8) is 0 Å². The average molecular weight is 330 g/mol. The highest BCUT2D eigenvalue weighted by molar-refractivity contribution is 6.07. The van der Waals surface area contributed by atoms with Crippen LogP contribution in [0.15, 0.2) is 24.3 Å². The van der Waals surface area contributed by atoms with Crippen molar-refractivity contribution < 1.29 is 19.1 Å². The van der Waals surface area contributed by atoms with Gasteiger partial charge in [0.1, 0.15) is 5.54 Å². The molecule has 1 aromatic rings. The van der Waals surface area contributed by atoms with Gasteiger partial charge < -0.3 is 10.1 Å². The Balaban J connectivity index is 1.77. The predicted octanol–water partition coefficient (Wildman–Crippen LogP) is 2.47. The summed E-state index contributed by atoms with van der Waals surface area (Å²) < 4.78 is 4.66. The van der Waals surface area contributed by atoms with Gasteiger partial charge >= 0.3 is 12.0 Å². The Labute approximate surface area is 141 Å². The Morgan fingerprint density at radius 3 is 2.62 bits per heavy atom. The van der Waals surface area contributed by atoms with Gasteiger partial charge in [-0.2, -0.15) is 0 Å². The number of rotatable bonds is 3. The zero-order valence-corrected chi connectivity index (χ0v) is 14.0. The topological polar surface area (TPSA) is 75.7 Å². The third-order valence-electron chi connectivity index (χ3n) is 5.22. The fourth-order valence-electron chi connectivity index (χ4n) is 3.69. The van der Waals surface area contributed by atoms with Gasteiger partial charge in [0.15, 0.2) is 0 Å². The van der Waals surface area contributed by atoms with Crippen molar-refractivity contribution in [1.82, 2.24) is 10.2 Å². The summed E-state index contributed by atoms with van der Waals surface area (Å²) in [7, 11) is 1.33. The molecule has 6 heteroatoms. The molecule has 1 saturated carbocycles. The van der Waals surface area contributed by atoms with Crippen LogP contribution >= 0.6 is 0 Å². The normalized spacial score (nSPS) is 26.6. The average Bonchev–Trinajstić information content (AvgIpc) is 2.82. The number of urea groups is 1. The standard InChI is InChI=1S/C18H22N2O4/c1-12-5-3-4-10-18(12)16(22)20(17(23)19-18)11-13-6-8-14(9-7-13)15(21)24-2/h6-9,12H,3-5,10-11H2,1-2H3,(H,19,23)/t12-,18-/m1/s1. The molecular weight excluding hydrogens is 308 g/mol. The van der Waals surface area contributed by atoms with Gasteiger partial charge in [0.25, 0.3) is 5.91 Å². The zero-order valence-electron chi connectivity index (χ0n) is 14.0. The van der Waals surface area contributed by atoms with Crippen LogP contribution in [0.5, 0.6) is 0 Å². The van der Waals surface area contributed by atoms with Crippen LogP contribution in [0.2, 0.25) is 0 Å². The lowest BCUT2D eigenvalue weighted by atomic mass is 9.73. The van der Waals surface area contributed by atoms with Gasteiger partial charge in [-0.05, 0) is 36.5 Å². The Kier molecular flexibility index (Phi) is 4.30. The highest BCUT2D eigenvalue weighted by atomic mass is 16.5. The molecule has 1 spiro atoms. The first-order valence-electron chi connectivity index (χ1n) is 8.29. The van der Waals surface area contributed by atoms with Crippen LogP contribution in [0.1, 0.15) is 48.5 Å². The summed E-state index contributed by atoms with van der Waals surface area (Å²) in [5, 5.41) is 2.94. The number of methoxy groups -OCH3 is 1. The number of nitrogens with zero attached hydrogens (tertiary/aromatic N) is 1. The van der Waals surface area contributed by atoms with Crippen molar-refractivity contribution in [2.75, 3.05) is 7.11 Å². The molecule has 0 bridgehead atoms. The molecule has 2 aliphatic rings. The molecule has 1 heterocycles. The Morgan fingerprint density at radius 1 is 1.29 bits per heavy atom. The SMILES string of the molecule is COC(=O)c1ccc(CN2C(=O)N[C@@]3(CCCC[C@H]3C)C2=O)cc1. The van der Waals surface area contributed by atoms with Gasteiger partial charge in [-0.1, -0.05) is 31.9 Å². The number of carbonyl (C=O) groups is 3. The van der Waals surface area contributed by atoms with Crippen LogP contribution < -0.4 is 5.32 Å². The van der Waals surface area contributed by atoms with E-state index in [2.05, 4.69) is 10.1 Å². The second-order valence-electron chi connectivity index (χ2n) is 6.63. The van der Waals surface area contributed by atoms with Gasteiger partial charge in [-0.3, -0.25) is 9.69 Å². The van der Waals surface area contributed by atoms with Gasteiger partial charge in [0.05, 0.1) is 19.2 Å². The summed E-state index contributed by atoms with van der Waals surface area (Å²) in [6.45, 7) is 2.24. The molecule has 1 aliphatic heterocycles. The molecule has 0 aromatic heterocycles. The number of ether oxygens (including phenoxy) is 1. The van der Waals surface area contributed by atoms with Crippen LogP contribution in [-0.2, 0) is 16.1 Å². The Bertz CT molecular complexity index is 670. The van der Waals surface area contributed by atoms with Crippen molar-refractivity contribution in [2.45, 2.75) is 44.7 Å². The highest BCUT2D eigenvalue weighted by Crippen LogP contribution is 2.38. The molecule has 0 radical (unpaired) electrons. The quantitative estimate of drug-likeness (QED) is 0.682. The minimum Gasteiger partial charge on any atom is -0.465 e. The maximum atomic E-state index is 12.9. The maximum Gasteiger partial charge on any atom is 0.337 e. The molecule has 1 N–H and O–H groups in total. The summed E-state index contributed by atoms with van der Waals surface area (Å²) in [5.74, 6) is -0.391. The van der Waals surface area contributed by atoms with Crippen LogP contribution in [0, 0.1) is 5.92 Å². The van der Waals surface area contributed by atoms with E-state index in [0.29, 0.717) is 12.0 Å². The minimum absolute atomic E-state index is 0.128. The van der Waals surface area contributed by atoms with Crippen molar-refractivity contribution in [3.8, 4) is 0 Å². The highest BCUT2D eigenvalue weighted by Gasteiger charge is 2.54. The maximum absolute atomic E-state index is 12.9. The Hall–Kier alpha value is -2.37. The fourth-order valence-corrected chi connectivity index (χ4v) is 3.69. The molecule has 2 atom stereocenters. The van der Waals surface area contributed by atoms with Gasteiger partial charge in [-0.15, -0.1) is 0 Å². The van der Waals surface area contributed by atoms with Gasteiger partial charge in [0.2, 0.25) is 0 Å². The number of amides is 3. The monoisotopic (exact) mass is 330 g/mol. The van der Waals surface area contributed by atoms with Gasteiger partial charge in [-0.25, -0.2) is 9.59 Å². The second kappa shape index (κ2) is 6.26. The van der Waals surface area contributed by atoms with E-state index in [0.717, 1.165) is 24.8 Å².